The van der Waals surface area contributed by atoms with Gasteiger partial charge in [0.15, 0.2) is 0 Å². The Bertz CT molecular complexity index is 635. The molecular weight excluding hydrogens is 212 g/mol. The quantitative estimate of drug-likeness (QED) is 0.687. The van der Waals surface area contributed by atoms with Crippen LogP contribution in [-0.4, -0.2) is 18.9 Å². The van der Waals surface area contributed by atoms with Gasteiger partial charge < -0.3 is 0 Å². The normalized spacial score (nSPS) is 11.1. The molecule has 0 aliphatic rings. The summed E-state index contributed by atoms with van der Waals surface area (Å²) in [5.74, 6) is 2.18. The van der Waals surface area contributed by atoms with Gasteiger partial charge in [-0.25, -0.2) is 9.97 Å². The lowest BCUT2D eigenvalue weighted by molar-refractivity contribution is 0.792. The van der Waals surface area contributed by atoms with E-state index in [-0.39, 0.29) is 0 Å². The molecule has 3 aromatic rings. The number of aromatic nitrogens is 4. The van der Waals surface area contributed by atoms with Gasteiger partial charge in [-0.1, -0.05) is 13.0 Å². The molecule has 0 radical (unpaired) electrons. The molecule has 3 aromatic heterocycles. The van der Waals surface area contributed by atoms with E-state index >= 15 is 0 Å². The fraction of sp³-hybridized carbons (Fsp3) is 0.231. The molecule has 0 spiro atoms. The van der Waals surface area contributed by atoms with Crippen LogP contribution in [0.2, 0.25) is 0 Å². The minimum atomic E-state index is 0.957. The summed E-state index contributed by atoms with van der Waals surface area (Å²) >= 11 is 0. The SMILES string of the molecule is CCCc1nccn1-c1cccc2nccn12. The summed E-state index contributed by atoms with van der Waals surface area (Å²) in [6.45, 7) is 2.16. The molecule has 0 aromatic carbocycles. The number of hydrogen-bond donors (Lipinski definition) is 0. The fourth-order valence-electron chi connectivity index (χ4n) is 2.08. The first-order valence-corrected chi connectivity index (χ1v) is 5.85. The van der Waals surface area contributed by atoms with E-state index in [2.05, 4.69) is 31.9 Å². The Morgan fingerprint density at radius 3 is 2.88 bits per heavy atom. The zero-order valence-electron chi connectivity index (χ0n) is 9.74. The third kappa shape index (κ3) is 1.62. The summed E-state index contributed by atoms with van der Waals surface area (Å²) in [5.41, 5.74) is 0.957. The summed E-state index contributed by atoms with van der Waals surface area (Å²) in [6.07, 6.45) is 9.71. The molecule has 0 atom stereocenters. The van der Waals surface area contributed by atoms with E-state index in [4.69, 9.17) is 0 Å². The molecule has 4 heteroatoms. The van der Waals surface area contributed by atoms with Gasteiger partial charge in [-0.3, -0.25) is 8.97 Å². The molecule has 86 valence electrons. The second-order valence-corrected chi connectivity index (χ2v) is 4.00. The molecule has 0 aliphatic carbocycles. The Morgan fingerprint density at radius 2 is 2.00 bits per heavy atom. The Morgan fingerprint density at radius 1 is 1.12 bits per heavy atom. The summed E-state index contributed by atoms with van der Waals surface area (Å²) < 4.78 is 4.19. The van der Waals surface area contributed by atoms with Crippen molar-refractivity contribution >= 4 is 5.65 Å². The van der Waals surface area contributed by atoms with Crippen molar-refractivity contribution in [1.82, 2.24) is 18.9 Å². The first kappa shape index (κ1) is 10.1. The van der Waals surface area contributed by atoms with Crippen LogP contribution in [0.5, 0.6) is 0 Å². The van der Waals surface area contributed by atoms with Crippen LogP contribution in [0.25, 0.3) is 11.5 Å². The van der Waals surface area contributed by atoms with Gasteiger partial charge >= 0.3 is 0 Å². The van der Waals surface area contributed by atoms with E-state index in [0.717, 1.165) is 30.1 Å². The molecule has 0 bridgehead atoms. The average Bonchev–Trinajstić information content (AvgIpc) is 2.96. The highest BCUT2D eigenvalue weighted by atomic mass is 15.2. The number of aryl methyl sites for hydroxylation is 1. The molecule has 0 saturated carbocycles. The second-order valence-electron chi connectivity index (χ2n) is 4.00. The molecule has 3 rings (SSSR count). The Kier molecular flexibility index (Phi) is 2.40. The third-order valence-corrected chi connectivity index (χ3v) is 2.84. The Hall–Kier alpha value is -2.10. The molecule has 0 unspecified atom stereocenters. The number of rotatable bonds is 3. The van der Waals surface area contributed by atoms with E-state index in [1.165, 1.54) is 0 Å². The van der Waals surface area contributed by atoms with Gasteiger partial charge in [0.25, 0.3) is 0 Å². The smallest absolute Gasteiger partial charge is 0.138 e. The Labute approximate surface area is 99.6 Å². The van der Waals surface area contributed by atoms with Crippen molar-refractivity contribution in [3.05, 3.63) is 48.8 Å². The number of hydrogen-bond acceptors (Lipinski definition) is 2. The van der Waals surface area contributed by atoms with Crippen LogP contribution in [0.3, 0.4) is 0 Å². The van der Waals surface area contributed by atoms with Gasteiger partial charge in [0.1, 0.15) is 17.3 Å². The van der Waals surface area contributed by atoms with Crippen LogP contribution in [0.4, 0.5) is 0 Å². The summed E-state index contributed by atoms with van der Waals surface area (Å²) in [5, 5.41) is 0. The van der Waals surface area contributed by atoms with Crippen molar-refractivity contribution in [1.29, 1.82) is 0 Å². The van der Waals surface area contributed by atoms with Crippen molar-refractivity contribution in [2.45, 2.75) is 19.8 Å². The number of nitrogens with zero attached hydrogens (tertiary/aromatic N) is 4. The topological polar surface area (TPSA) is 35.1 Å². The number of fused-ring (bicyclic) bond motifs is 1. The van der Waals surface area contributed by atoms with Gasteiger partial charge in [-0.2, -0.15) is 0 Å². The molecule has 4 nitrogen and oxygen atoms in total. The maximum atomic E-state index is 4.40. The predicted molar refractivity (Wildman–Crippen MR) is 66.3 cm³/mol. The van der Waals surface area contributed by atoms with Gasteiger partial charge in [-0.15, -0.1) is 0 Å². The third-order valence-electron chi connectivity index (χ3n) is 2.84. The van der Waals surface area contributed by atoms with Crippen LogP contribution in [0.1, 0.15) is 19.2 Å². The maximum absolute atomic E-state index is 4.40. The van der Waals surface area contributed by atoms with Crippen LogP contribution < -0.4 is 0 Å². The maximum Gasteiger partial charge on any atom is 0.138 e. The van der Waals surface area contributed by atoms with Crippen LogP contribution in [0, 0.1) is 0 Å². The predicted octanol–water partition coefficient (Wildman–Crippen LogP) is 2.47. The molecule has 3 heterocycles. The molecule has 0 aliphatic heterocycles. The van der Waals surface area contributed by atoms with E-state index in [0.29, 0.717) is 0 Å². The Balaban J connectivity index is 2.20. The van der Waals surface area contributed by atoms with Crippen molar-refractivity contribution in [3.63, 3.8) is 0 Å². The van der Waals surface area contributed by atoms with Crippen molar-refractivity contribution in [2.75, 3.05) is 0 Å². The minimum Gasteiger partial charge on any atom is -0.289 e. The highest BCUT2D eigenvalue weighted by Crippen LogP contribution is 2.14. The van der Waals surface area contributed by atoms with Crippen molar-refractivity contribution in [3.8, 4) is 5.82 Å². The summed E-state index contributed by atoms with van der Waals surface area (Å²) in [7, 11) is 0. The standard InChI is InChI=1S/C13H14N4/c1-2-4-11-14-7-9-16(11)13-6-3-5-12-15-8-10-17(12)13/h3,5-10H,2,4H2,1H3. The lowest BCUT2D eigenvalue weighted by Crippen LogP contribution is -2.04. The average molecular weight is 226 g/mol. The van der Waals surface area contributed by atoms with Gasteiger partial charge in [0.2, 0.25) is 0 Å². The molecule has 0 saturated heterocycles. The monoisotopic (exact) mass is 226 g/mol. The number of imidazole rings is 2. The zero-order valence-corrected chi connectivity index (χ0v) is 9.74. The first-order valence-electron chi connectivity index (χ1n) is 5.85. The van der Waals surface area contributed by atoms with Crippen molar-refractivity contribution in [2.24, 2.45) is 0 Å². The highest BCUT2D eigenvalue weighted by Gasteiger charge is 2.07. The van der Waals surface area contributed by atoms with E-state index < -0.39 is 0 Å². The summed E-state index contributed by atoms with van der Waals surface area (Å²) in [6, 6.07) is 6.10. The van der Waals surface area contributed by atoms with E-state index in [1.54, 1.807) is 0 Å². The van der Waals surface area contributed by atoms with Crippen LogP contribution >= 0.6 is 0 Å². The van der Waals surface area contributed by atoms with Gasteiger partial charge in [0.05, 0.1) is 0 Å². The lowest BCUT2D eigenvalue weighted by Gasteiger charge is -2.09. The molecular formula is C13H14N4. The second kappa shape index (κ2) is 4.05. The van der Waals surface area contributed by atoms with E-state index in [1.807, 2.05) is 36.9 Å². The molecule has 0 fully saturated rings. The van der Waals surface area contributed by atoms with Crippen LogP contribution in [0.15, 0.2) is 43.0 Å². The zero-order chi connectivity index (χ0) is 11.7. The number of pyridine rings is 1. The molecule has 17 heavy (non-hydrogen) atoms. The fourth-order valence-corrected chi connectivity index (χ4v) is 2.08. The van der Waals surface area contributed by atoms with Gasteiger partial charge in [0, 0.05) is 31.2 Å². The van der Waals surface area contributed by atoms with Crippen molar-refractivity contribution < 1.29 is 0 Å². The van der Waals surface area contributed by atoms with Gasteiger partial charge in [-0.05, 0) is 18.6 Å². The highest BCUT2D eigenvalue weighted by molar-refractivity contribution is 5.45. The minimum absolute atomic E-state index is 0.957. The summed E-state index contributed by atoms with van der Waals surface area (Å²) in [4.78, 5) is 8.70. The van der Waals surface area contributed by atoms with E-state index in [9.17, 15) is 0 Å². The largest absolute Gasteiger partial charge is 0.289 e. The lowest BCUT2D eigenvalue weighted by atomic mass is 10.3. The first-order chi connectivity index (χ1) is 8.40. The van der Waals surface area contributed by atoms with Crippen LogP contribution in [-0.2, 0) is 6.42 Å². The molecule has 0 amide bonds. The molecule has 0 N–H and O–H groups in total.